The zero-order chi connectivity index (χ0) is 17.8. The summed E-state index contributed by atoms with van der Waals surface area (Å²) >= 11 is 1.55. The molecule has 0 unspecified atom stereocenters. The summed E-state index contributed by atoms with van der Waals surface area (Å²) in [5.41, 5.74) is 1.22. The third-order valence-electron chi connectivity index (χ3n) is 3.69. The highest BCUT2D eigenvalue weighted by Crippen LogP contribution is 2.25. The SMILES string of the molecule is CCOC(=O)c1c(NCc2ccsc2)c(C#N)c(=O)n2ccccc12. The van der Waals surface area contributed by atoms with Crippen LogP contribution in [0, 0.1) is 11.3 Å². The van der Waals surface area contributed by atoms with Crippen molar-refractivity contribution in [3.05, 3.63) is 68.3 Å². The van der Waals surface area contributed by atoms with E-state index in [9.17, 15) is 14.9 Å². The highest BCUT2D eigenvalue weighted by molar-refractivity contribution is 7.07. The predicted molar refractivity (Wildman–Crippen MR) is 96.0 cm³/mol. The van der Waals surface area contributed by atoms with Crippen molar-refractivity contribution >= 4 is 28.5 Å². The minimum Gasteiger partial charge on any atom is -0.462 e. The number of pyridine rings is 2. The molecule has 0 atom stereocenters. The normalized spacial score (nSPS) is 10.4. The lowest BCUT2D eigenvalue weighted by Gasteiger charge is -2.15. The molecule has 3 aromatic rings. The summed E-state index contributed by atoms with van der Waals surface area (Å²) in [5.74, 6) is -0.574. The van der Waals surface area contributed by atoms with E-state index in [-0.39, 0.29) is 23.4 Å². The number of esters is 1. The number of nitriles is 1. The summed E-state index contributed by atoms with van der Waals surface area (Å²) in [6.07, 6.45) is 1.53. The van der Waals surface area contributed by atoms with Crippen LogP contribution in [0.4, 0.5) is 5.69 Å². The Labute approximate surface area is 147 Å². The lowest BCUT2D eigenvalue weighted by molar-refractivity contribution is 0.0529. The fourth-order valence-electron chi connectivity index (χ4n) is 2.58. The average molecular weight is 353 g/mol. The number of carbonyl (C=O) groups is 1. The van der Waals surface area contributed by atoms with Crippen molar-refractivity contribution in [2.45, 2.75) is 13.5 Å². The first-order valence-electron chi connectivity index (χ1n) is 7.67. The van der Waals surface area contributed by atoms with Gasteiger partial charge in [-0.3, -0.25) is 9.20 Å². The minimum absolute atomic E-state index is 0.109. The molecule has 0 saturated heterocycles. The molecule has 0 aliphatic heterocycles. The van der Waals surface area contributed by atoms with Crippen molar-refractivity contribution in [2.24, 2.45) is 0 Å². The Morgan fingerprint density at radius 3 is 2.92 bits per heavy atom. The van der Waals surface area contributed by atoms with Gasteiger partial charge in [0.2, 0.25) is 0 Å². The van der Waals surface area contributed by atoms with Crippen LogP contribution in [0.3, 0.4) is 0 Å². The van der Waals surface area contributed by atoms with Crippen LogP contribution >= 0.6 is 11.3 Å². The number of hydrogen-bond acceptors (Lipinski definition) is 6. The van der Waals surface area contributed by atoms with E-state index >= 15 is 0 Å². The van der Waals surface area contributed by atoms with Crippen molar-refractivity contribution in [1.29, 1.82) is 5.26 Å². The Kier molecular flexibility index (Phi) is 4.82. The summed E-state index contributed by atoms with van der Waals surface area (Å²) in [7, 11) is 0. The van der Waals surface area contributed by atoms with Crippen molar-refractivity contribution < 1.29 is 9.53 Å². The van der Waals surface area contributed by atoms with Crippen LogP contribution in [0.1, 0.15) is 28.4 Å². The van der Waals surface area contributed by atoms with E-state index in [4.69, 9.17) is 4.74 Å². The number of nitrogens with zero attached hydrogens (tertiary/aromatic N) is 2. The Morgan fingerprint density at radius 2 is 2.24 bits per heavy atom. The molecule has 3 rings (SSSR count). The van der Waals surface area contributed by atoms with Gasteiger partial charge < -0.3 is 10.1 Å². The number of rotatable bonds is 5. The molecule has 126 valence electrons. The van der Waals surface area contributed by atoms with Crippen molar-refractivity contribution in [3.63, 3.8) is 0 Å². The van der Waals surface area contributed by atoms with Gasteiger partial charge in [-0.2, -0.15) is 16.6 Å². The Balaban J connectivity index is 2.24. The predicted octanol–water partition coefficient (Wildman–Crippen LogP) is 3.02. The first kappa shape index (κ1) is 16.7. The molecule has 25 heavy (non-hydrogen) atoms. The van der Waals surface area contributed by atoms with Gasteiger partial charge in [-0.15, -0.1) is 0 Å². The molecule has 0 saturated carbocycles. The summed E-state index contributed by atoms with van der Waals surface area (Å²) in [4.78, 5) is 25.2. The number of nitrogens with one attached hydrogen (secondary N) is 1. The first-order valence-corrected chi connectivity index (χ1v) is 8.61. The van der Waals surface area contributed by atoms with E-state index in [1.807, 2.05) is 22.9 Å². The number of thiophene rings is 1. The van der Waals surface area contributed by atoms with Crippen molar-refractivity contribution in [1.82, 2.24) is 4.40 Å². The Hall–Kier alpha value is -3.11. The molecule has 3 heterocycles. The number of carbonyl (C=O) groups excluding carboxylic acids is 1. The fourth-order valence-corrected chi connectivity index (χ4v) is 3.25. The molecule has 0 spiro atoms. The van der Waals surface area contributed by atoms with Crippen LogP contribution in [-0.2, 0) is 11.3 Å². The molecule has 0 aliphatic rings. The number of ether oxygens (including phenoxy) is 1. The lowest BCUT2D eigenvalue weighted by atomic mass is 10.1. The lowest BCUT2D eigenvalue weighted by Crippen LogP contribution is -2.24. The smallest absolute Gasteiger partial charge is 0.342 e. The average Bonchev–Trinajstić information content (AvgIpc) is 3.14. The van der Waals surface area contributed by atoms with Gasteiger partial charge in [0.15, 0.2) is 0 Å². The molecule has 3 aromatic heterocycles. The monoisotopic (exact) mass is 353 g/mol. The molecular formula is C18H15N3O3S. The van der Waals surface area contributed by atoms with E-state index in [2.05, 4.69) is 5.32 Å². The molecule has 0 fully saturated rings. The van der Waals surface area contributed by atoms with Crippen LogP contribution in [0.2, 0.25) is 0 Å². The van der Waals surface area contributed by atoms with E-state index in [0.717, 1.165) is 5.56 Å². The van der Waals surface area contributed by atoms with E-state index < -0.39 is 11.5 Å². The quantitative estimate of drug-likeness (QED) is 0.713. The van der Waals surface area contributed by atoms with Gasteiger partial charge in [0.05, 0.1) is 17.8 Å². The second-order valence-electron chi connectivity index (χ2n) is 5.20. The van der Waals surface area contributed by atoms with Crippen LogP contribution in [0.25, 0.3) is 5.52 Å². The molecule has 0 radical (unpaired) electrons. The van der Waals surface area contributed by atoms with Gasteiger partial charge in [-0.05, 0) is 41.4 Å². The van der Waals surface area contributed by atoms with Gasteiger partial charge in [0.25, 0.3) is 5.56 Å². The molecule has 0 amide bonds. The Bertz CT molecular complexity index is 1020. The van der Waals surface area contributed by atoms with E-state index in [1.54, 1.807) is 36.5 Å². The first-order chi connectivity index (χ1) is 12.2. The maximum atomic E-state index is 12.6. The van der Waals surface area contributed by atoms with Crippen LogP contribution < -0.4 is 10.9 Å². The van der Waals surface area contributed by atoms with Crippen LogP contribution in [0.15, 0.2) is 46.0 Å². The van der Waals surface area contributed by atoms with Crippen LogP contribution in [0.5, 0.6) is 0 Å². The third-order valence-corrected chi connectivity index (χ3v) is 4.42. The van der Waals surface area contributed by atoms with E-state index in [0.29, 0.717) is 12.1 Å². The number of fused-ring (bicyclic) bond motifs is 1. The maximum absolute atomic E-state index is 12.6. The van der Waals surface area contributed by atoms with Gasteiger partial charge >= 0.3 is 5.97 Å². The van der Waals surface area contributed by atoms with Crippen molar-refractivity contribution in [3.8, 4) is 6.07 Å². The highest BCUT2D eigenvalue weighted by Gasteiger charge is 2.23. The standard InChI is InChI=1S/C18H15N3O3S/c1-2-24-18(23)15-14-5-3-4-7-21(14)17(22)13(9-19)16(15)20-10-12-6-8-25-11-12/h3-8,11,20H,2,10H2,1H3. The molecule has 6 nitrogen and oxygen atoms in total. The topological polar surface area (TPSA) is 83.6 Å². The summed E-state index contributed by atoms with van der Waals surface area (Å²) in [6, 6.07) is 8.91. The number of hydrogen-bond donors (Lipinski definition) is 1. The minimum atomic E-state index is -0.574. The second-order valence-corrected chi connectivity index (χ2v) is 5.98. The largest absolute Gasteiger partial charge is 0.462 e. The molecule has 0 aromatic carbocycles. The molecule has 1 N–H and O–H groups in total. The van der Waals surface area contributed by atoms with Crippen molar-refractivity contribution in [2.75, 3.05) is 11.9 Å². The molecular weight excluding hydrogens is 338 g/mol. The molecule has 7 heteroatoms. The fraction of sp³-hybridized carbons (Fsp3) is 0.167. The zero-order valence-corrected chi connectivity index (χ0v) is 14.3. The number of anilines is 1. The second kappa shape index (κ2) is 7.20. The molecule has 0 aliphatic carbocycles. The Morgan fingerprint density at radius 1 is 1.40 bits per heavy atom. The van der Waals surface area contributed by atoms with Gasteiger partial charge in [-0.25, -0.2) is 4.79 Å². The molecule has 0 bridgehead atoms. The van der Waals surface area contributed by atoms with Gasteiger partial charge in [0, 0.05) is 12.7 Å². The summed E-state index contributed by atoms with van der Waals surface area (Å²) in [6.45, 7) is 2.30. The van der Waals surface area contributed by atoms with Crippen LogP contribution in [-0.4, -0.2) is 17.0 Å². The summed E-state index contributed by atoms with van der Waals surface area (Å²) in [5, 5.41) is 16.5. The third kappa shape index (κ3) is 3.12. The highest BCUT2D eigenvalue weighted by atomic mass is 32.1. The number of aromatic nitrogens is 1. The van der Waals surface area contributed by atoms with Gasteiger partial charge in [-0.1, -0.05) is 6.07 Å². The zero-order valence-electron chi connectivity index (χ0n) is 13.5. The maximum Gasteiger partial charge on any atom is 0.342 e. The van der Waals surface area contributed by atoms with E-state index in [1.165, 1.54) is 10.6 Å². The summed E-state index contributed by atoms with van der Waals surface area (Å²) < 4.78 is 6.44. The van der Waals surface area contributed by atoms with Gasteiger partial charge in [0.1, 0.15) is 17.2 Å².